The van der Waals surface area contributed by atoms with Crippen LogP contribution >= 0.6 is 0 Å². The molecule has 1 atom stereocenters. The van der Waals surface area contributed by atoms with Crippen LogP contribution in [0.4, 0.5) is 4.39 Å². The Balaban J connectivity index is 1.73. The molecule has 0 aromatic heterocycles. The third-order valence-electron chi connectivity index (χ3n) is 5.29. The molecule has 3 aromatic rings. The van der Waals surface area contributed by atoms with Gasteiger partial charge in [0.15, 0.2) is 6.10 Å². The molecule has 0 heterocycles. The first kappa shape index (κ1) is 23.5. The van der Waals surface area contributed by atoms with Gasteiger partial charge in [0, 0.05) is 25.7 Å². The second-order valence-electron chi connectivity index (χ2n) is 8.28. The van der Waals surface area contributed by atoms with Crippen LogP contribution in [0.25, 0.3) is 0 Å². The molecule has 0 radical (unpaired) electrons. The van der Waals surface area contributed by atoms with Gasteiger partial charge < -0.3 is 10.1 Å². The smallest absolute Gasteiger partial charge is 0.262 e. The summed E-state index contributed by atoms with van der Waals surface area (Å²) in [5.41, 5.74) is 3.24. The van der Waals surface area contributed by atoms with E-state index < -0.39 is 6.10 Å². The lowest BCUT2D eigenvalue weighted by atomic mass is 10.1. The Kier molecular flexibility index (Phi) is 8.40. The molecule has 0 aliphatic heterocycles. The van der Waals surface area contributed by atoms with Crippen molar-refractivity contribution in [3.63, 3.8) is 0 Å². The van der Waals surface area contributed by atoms with E-state index in [1.807, 2.05) is 30.3 Å². The molecule has 1 amide bonds. The fourth-order valence-electron chi connectivity index (χ4n) is 3.46. The lowest BCUT2D eigenvalue weighted by molar-refractivity contribution is -0.129. The quantitative estimate of drug-likeness (QED) is 0.482. The number of aryl methyl sites for hydroxylation is 1. The van der Waals surface area contributed by atoms with Crippen molar-refractivity contribution in [2.24, 2.45) is 0 Å². The van der Waals surface area contributed by atoms with E-state index in [1.54, 1.807) is 12.1 Å². The Morgan fingerprint density at radius 1 is 0.969 bits per heavy atom. The van der Waals surface area contributed by atoms with Crippen LogP contribution in [0.5, 0.6) is 5.75 Å². The number of rotatable bonds is 10. The summed E-state index contributed by atoms with van der Waals surface area (Å²) in [5.74, 6) is 0.149. The van der Waals surface area contributed by atoms with Gasteiger partial charge in [-0.1, -0.05) is 60.2 Å². The van der Waals surface area contributed by atoms with E-state index in [2.05, 4.69) is 55.3 Å². The zero-order chi connectivity index (χ0) is 22.9. The Morgan fingerprint density at radius 2 is 1.69 bits per heavy atom. The Morgan fingerprint density at radius 3 is 2.34 bits per heavy atom. The summed E-state index contributed by atoms with van der Waals surface area (Å²) in [6, 6.07) is 24.1. The average molecular weight is 435 g/mol. The SMILES string of the molecule is Cc1cccc(CN(CC(Oc2ccccc2)C(=O)NCc2ccc(F)cc2)C(C)C)c1. The molecule has 5 heteroatoms. The fourth-order valence-corrected chi connectivity index (χ4v) is 3.46. The van der Waals surface area contributed by atoms with E-state index in [0.29, 0.717) is 18.8 Å². The predicted octanol–water partition coefficient (Wildman–Crippen LogP) is 5.11. The highest BCUT2D eigenvalue weighted by atomic mass is 19.1. The van der Waals surface area contributed by atoms with Crippen LogP contribution in [0.1, 0.15) is 30.5 Å². The maximum atomic E-state index is 13.2. The average Bonchev–Trinajstić information content (AvgIpc) is 2.78. The number of halogens is 1. The summed E-state index contributed by atoms with van der Waals surface area (Å²) >= 11 is 0. The number of ether oxygens (including phenoxy) is 1. The molecule has 1 N–H and O–H groups in total. The molecule has 3 aromatic carbocycles. The fraction of sp³-hybridized carbons (Fsp3) is 0.296. The minimum atomic E-state index is -0.690. The predicted molar refractivity (Wildman–Crippen MR) is 126 cm³/mol. The second kappa shape index (κ2) is 11.4. The molecule has 0 saturated heterocycles. The van der Waals surface area contributed by atoms with Crippen LogP contribution in [-0.4, -0.2) is 29.5 Å². The molecule has 4 nitrogen and oxygen atoms in total. The normalized spacial score (nSPS) is 12.1. The number of nitrogens with zero attached hydrogens (tertiary/aromatic N) is 1. The number of carbonyl (C=O) groups is 1. The molecule has 1 unspecified atom stereocenters. The third-order valence-corrected chi connectivity index (χ3v) is 5.29. The third kappa shape index (κ3) is 7.20. The highest BCUT2D eigenvalue weighted by Gasteiger charge is 2.25. The van der Waals surface area contributed by atoms with E-state index in [0.717, 1.165) is 12.1 Å². The van der Waals surface area contributed by atoms with Gasteiger partial charge in [-0.3, -0.25) is 9.69 Å². The molecule has 0 saturated carbocycles. The summed E-state index contributed by atoms with van der Waals surface area (Å²) in [6.45, 7) is 7.79. The molecule has 32 heavy (non-hydrogen) atoms. The van der Waals surface area contributed by atoms with Gasteiger partial charge in [0.2, 0.25) is 0 Å². The van der Waals surface area contributed by atoms with Gasteiger partial charge in [0.1, 0.15) is 11.6 Å². The van der Waals surface area contributed by atoms with Crippen molar-refractivity contribution in [1.82, 2.24) is 10.2 Å². The van der Waals surface area contributed by atoms with Gasteiger partial charge >= 0.3 is 0 Å². The van der Waals surface area contributed by atoms with Crippen LogP contribution in [-0.2, 0) is 17.9 Å². The van der Waals surface area contributed by atoms with Gasteiger partial charge in [-0.2, -0.15) is 0 Å². The van der Waals surface area contributed by atoms with Crippen molar-refractivity contribution in [2.75, 3.05) is 6.54 Å². The van der Waals surface area contributed by atoms with Gasteiger partial charge in [0.05, 0.1) is 0 Å². The number of benzene rings is 3. The van der Waals surface area contributed by atoms with Gasteiger partial charge in [-0.05, 0) is 56.2 Å². The van der Waals surface area contributed by atoms with Crippen molar-refractivity contribution in [1.29, 1.82) is 0 Å². The number of amides is 1. The van der Waals surface area contributed by atoms with Crippen molar-refractivity contribution in [2.45, 2.75) is 46.0 Å². The summed E-state index contributed by atoms with van der Waals surface area (Å²) in [6.07, 6.45) is -0.690. The number of para-hydroxylation sites is 1. The lowest BCUT2D eigenvalue weighted by Gasteiger charge is -2.30. The van der Waals surface area contributed by atoms with E-state index in [9.17, 15) is 9.18 Å². The van der Waals surface area contributed by atoms with Gasteiger partial charge in [0.25, 0.3) is 5.91 Å². The highest BCUT2D eigenvalue weighted by molar-refractivity contribution is 5.81. The second-order valence-corrected chi connectivity index (χ2v) is 8.28. The minimum Gasteiger partial charge on any atom is -0.479 e. The van der Waals surface area contributed by atoms with E-state index in [-0.39, 0.29) is 17.8 Å². The molecule has 0 bridgehead atoms. The van der Waals surface area contributed by atoms with Crippen molar-refractivity contribution in [3.05, 3.63) is 101 Å². The van der Waals surface area contributed by atoms with Crippen LogP contribution in [0.3, 0.4) is 0 Å². The summed E-state index contributed by atoms with van der Waals surface area (Å²) < 4.78 is 19.3. The number of carbonyl (C=O) groups excluding carboxylic acids is 1. The highest BCUT2D eigenvalue weighted by Crippen LogP contribution is 2.16. The standard InChI is InChI=1S/C27H31FN2O2/c1-20(2)30(18-23-9-7-8-21(3)16-23)19-26(32-25-10-5-4-6-11-25)27(31)29-17-22-12-14-24(28)15-13-22/h4-16,20,26H,17-19H2,1-3H3,(H,29,31). The molecule has 0 spiro atoms. The van der Waals surface area contributed by atoms with E-state index >= 15 is 0 Å². The Labute approximate surface area is 190 Å². The van der Waals surface area contributed by atoms with E-state index in [4.69, 9.17) is 4.74 Å². The molecule has 168 valence electrons. The van der Waals surface area contributed by atoms with Crippen LogP contribution < -0.4 is 10.1 Å². The molecule has 0 aliphatic rings. The molecule has 0 aliphatic carbocycles. The zero-order valence-corrected chi connectivity index (χ0v) is 18.9. The number of hydrogen-bond acceptors (Lipinski definition) is 3. The first-order chi connectivity index (χ1) is 15.4. The zero-order valence-electron chi connectivity index (χ0n) is 18.9. The number of hydrogen-bond donors (Lipinski definition) is 1. The van der Waals surface area contributed by atoms with Gasteiger partial charge in [-0.25, -0.2) is 4.39 Å². The van der Waals surface area contributed by atoms with Crippen molar-refractivity contribution < 1.29 is 13.9 Å². The largest absolute Gasteiger partial charge is 0.479 e. The molecule has 3 rings (SSSR count). The van der Waals surface area contributed by atoms with Gasteiger partial charge in [-0.15, -0.1) is 0 Å². The molecule has 0 fully saturated rings. The monoisotopic (exact) mass is 434 g/mol. The topological polar surface area (TPSA) is 41.6 Å². The maximum absolute atomic E-state index is 13.2. The van der Waals surface area contributed by atoms with Crippen LogP contribution in [0.2, 0.25) is 0 Å². The first-order valence-electron chi connectivity index (χ1n) is 10.9. The summed E-state index contributed by atoms with van der Waals surface area (Å²) in [5, 5.41) is 2.94. The first-order valence-corrected chi connectivity index (χ1v) is 10.9. The van der Waals surface area contributed by atoms with Crippen molar-refractivity contribution in [3.8, 4) is 5.75 Å². The van der Waals surface area contributed by atoms with Crippen molar-refractivity contribution >= 4 is 5.91 Å². The van der Waals surface area contributed by atoms with Crippen LogP contribution in [0, 0.1) is 12.7 Å². The summed E-state index contributed by atoms with van der Waals surface area (Å²) in [7, 11) is 0. The minimum absolute atomic E-state index is 0.201. The molecular formula is C27H31FN2O2. The number of nitrogens with one attached hydrogen (secondary N) is 1. The molecular weight excluding hydrogens is 403 g/mol. The van der Waals surface area contributed by atoms with Crippen LogP contribution in [0.15, 0.2) is 78.9 Å². The lowest BCUT2D eigenvalue weighted by Crippen LogP contribution is -2.47. The maximum Gasteiger partial charge on any atom is 0.262 e. The Bertz CT molecular complexity index is 990. The Hall–Kier alpha value is -3.18. The summed E-state index contributed by atoms with van der Waals surface area (Å²) in [4.78, 5) is 15.4. The van der Waals surface area contributed by atoms with E-state index in [1.165, 1.54) is 23.3 Å².